The molecule has 3 rings (SSSR count). The number of hydrogen-bond acceptors (Lipinski definition) is 4. The fourth-order valence-corrected chi connectivity index (χ4v) is 2.63. The lowest BCUT2D eigenvalue weighted by Gasteiger charge is -2.15. The molecule has 0 spiro atoms. The summed E-state index contributed by atoms with van der Waals surface area (Å²) in [4.78, 5) is 4.23. The maximum atomic E-state index is 14.0. The smallest absolute Gasteiger partial charge is 0.131 e. The zero-order valence-electron chi connectivity index (χ0n) is 14.2. The molecule has 0 fully saturated rings. The van der Waals surface area contributed by atoms with Gasteiger partial charge in [-0.25, -0.2) is 9.37 Å². The number of methoxy groups -OCH3 is 1. The van der Waals surface area contributed by atoms with Gasteiger partial charge in [0.2, 0.25) is 0 Å². The third-order valence-electron chi connectivity index (χ3n) is 3.83. The molecule has 0 radical (unpaired) electrons. The lowest BCUT2D eigenvalue weighted by molar-refractivity contribution is 0.295. The minimum atomic E-state index is -0.395. The Morgan fingerprint density at radius 2 is 2.00 bits per heavy atom. The molecule has 0 saturated heterocycles. The highest BCUT2D eigenvalue weighted by Crippen LogP contribution is 2.28. The van der Waals surface area contributed by atoms with E-state index in [1.54, 1.807) is 31.5 Å². The van der Waals surface area contributed by atoms with E-state index in [1.807, 2.05) is 30.3 Å². The number of nitrogens with one attached hydrogen (secondary N) is 1. The summed E-state index contributed by atoms with van der Waals surface area (Å²) in [7, 11) is 1.58. The number of halogens is 2. The van der Waals surface area contributed by atoms with Crippen molar-refractivity contribution in [2.75, 3.05) is 12.4 Å². The number of hydrogen-bond donors (Lipinski definition) is 1. The molecule has 0 bridgehead atoms. The van der Waals surface area contributed by atoms with Gasteiger partial charge in [0.15, 0.2) is 0 Å². The SMILES string of the molecule is COc1ccc(CNc2ccccn2)c(OCc2c(F)cccc2Cl)c1. The number of pyridine rings is 1. The average Bonchev–Trinajstić information content (AvgIpc) is 2.67. The number of rotatable bonds is 7. The highest BCUT2D eigenvalue weighted by molar-refractivity contribution is 6.31. The number of nitrogens with zero attached hydrogens (tertiary/aromatic N) is 1. The molecular formula is C20H18ClFN2O2. The summed E-state index contributed by atoms with van der Waals surface area (Å²) in [6, 6.07) is 15.7. The highest BCUT2D eigenvalue weighted by atomic mass is 35.5. The Morgan fingerprint density at radius 1 is 1.12 bits per heavy atom. The van der Waals surface area contributed by atoms with Gasteiger partial charge in [-0.15, -0.1) is 0 Å². The van der Waals surface area contributed by atoms with Gasteiger partial charge in [0.1, 0.15) is 29.7 Å². The first-order chi connectivity index (χ1) is 12.7. The van der Waals surface area contributed by atoms with E-state index in [2.05, 4.69) is 10.3 Å². The molecule has 0 amide bonds. The Labute approximate surface area is 156 Å². The summed E-state index contributed by atoms with van der Waals surface area (Å²) in [5.41, 5.74) is 1.21. The lowest BCUT2D eigenvalue weighted by atomic mass is 10.1. The molecule has 0 atom stereocenters. The fourth-order valence-electron chi connectivity index (χ4n) is 2.42. The third-order valence-corrected chi connectivity index (χ3v) is 4.19. The summed E-state index contributed by atoms with van der Waals surface area (Å²) in [5.74, 6) is 1.60. The second kappa shape index (κ2) is 8.54. The monoisotopic (exact) mass is 372 g/mol. The van der Waals surface area contributed by atoms with Crippen LogP contribution in [0.15, 0.2) is 60.8 Å². The molecular weight excluding hydrogens is 355 g/mol. The van der Waals surface area contributed by atoms with Crippen molar-refractivity contribution in [1.82, 2.24) is 4.98 Å². The molecule has 26 heavy (non-hydrogen) atoms. The van der Waals surface area contributed by atoms with E-state index < -0.39 is 5.82 Å². The third kappa shape index (κ3) is 4.43. The van der Waals surface area contributed by atoms with E-state index in [4.69, 9.17) is 21.1 Å². The molecule has 4 nitrogen and oxygen atoms in total. The Kier molecular flexibility index (Phi) is 5.92. The first-order valence-electron chi connectivity index (χ1n) is 8.05. The maximum absolute atomic E-state index is 14.0. The van der Waals surface area contributed by atoms with Crippen molar-refractivity contribution in [3.05, 3.63) is 82.8 Å². The Balaban J connectivity index is 1.78. The minimum absolute atomic E-state index is 0.0231. The predicted molar refractivity (Wildman–Crippen MR) is 100 cm³/mol. The summed E-state index contributed by atoms with van der Waals surface area (Å²) in [6.07, 6.45) is 1.72. The summed E-state index contributed by atoms with van der Waals surface area (Å²) < 4.78 is 25.1. The van der Waals surface area contributed by atoms with Crippen molar-refractivity contribution < 1.29 is 13.9 Å². The van der Waals surface area contributed by atoms with Crippen LogP contribution < -0.4 is 14.8 Å². The molecule has 0 unspecified atom stereocenters. The fraction of sp³-hybridized carbons (Fsp3) is 0.150. The van der Waals surface area contributed by atoms with Crippen molar-refractivity contribution >= 4 is 17.4 Å². The van der Waals surface area contributed by atoms with Crippen LogP contribution in [0.1, 0.15) is 11.1 Å². The van der Waals surface area contributed by atoms with E-state index in [0.717, 1.165) is 11.4 Å². The van der Waals surface area contributed by atoms with Crippen LogP contribution in [0.2, 0.25) is 5.02 Å². The summed E-state index contributed by atoms with van der Waals surface area (Å²) in [6.45, 7) is 0.524. The molecule has 0 saturated carbocycles. The Hall–Kier alpha value is -2.79. The van der Waals surface area contributed by atoms with Gasteiger partial charge in [-0.1, -0.05) is 23.7 Å². The van der Waals surface area contributed by atoms with E-state index in [1.165, 1.54) is 6.07 Å². The van der Waals surface area contributed by atoms with Crippen LogP contribution in [0.3, 0.4) is 0 Å². The molecule has 0 aliphatic rings. The van der Waals surface area contributed by atoms with Gasteiger partial charge in [0.25, 0.3) is 0 Å². The van der Waals surface area contributed by atoms with E-state index in [0.29, 0.717) is 28.6 Å². The summed E-state index contributed by atoms with van der Waals surface area (Å²) >= 11 is 6.07. The number of aromatic nitrogens is 1. The molecule has 1 N–H and O–H groups in total. The second-order valence-corrected chi connectivity index (χ2v) is 5.94. The topological polar surface area (TPSA) is 43.4 Å². The van der Waals surface area contributed by atoms with Crippen molar-refractivity contribution in [1.29, 1.82) is 0 Å². The zero-order chi connectivity index (χ0) is 18.4. The molecule has 0 aliphatic heterocycles. The van der Waals surface area contributed by atoms with Crippen molar-refractivity contribution in [3.8, 4) is 11.5 Å². The van der Waals surface area contributed by atoms with Crippen LogP contribution >= 0.6 is 11.6 Å². The van der Waals surface area contributed by atoms with Crippen LogP contribution in [-0.4, -0.2) is 12.1 Å². The van der Waals surface area contributed by atoms with Crippen LogP contribution in [0.5, 0.6) is 11.5 Å². The van der Waals surface area contributed by atoms with Gasteiger partial charge in [-0.2, -0.15) is 0 Å². The first-order valence-corrected chi connectivity index (χ1v) is 8.42. The quantitative estimate of drug-likeness (QED) is 0.628. The summed E-state index contributed by atoms with van der Waals surface area (Å²) in [5, 5.41) is 3.56. The number of anilines is 1. The van der Waals surface area contributed by atoms with E-state index in [9.17, 15) is 4.39 Å². The molecule has 0 aliphatic carbocycles. The first kappa shape index (κ1) is 18.0. The highest BCUT2D eigenvalue weighted by Gasteiger charge is 2.11. The average molecular weight is 373 g/mol. The number of benzene rings is 2. The predicted octanol–water partition coefficient (Wildman–Crippen LogP) is 5.07. The Bertz CT molecular complexity index is 855. The van der Waals surface area contributed by atoms with Gasteiger partial charge < -0.3 is 14.8 Å². The van der Waals surface area contributed by atoms with E-state index in [-0.39, 0.29) is 6.61 Å². The second-order valence-electron chi connectivity index (χ2n) is 5.53. The van der Waals surface area contributed by atoms with Gasteiger partial charge in [-0.05, 0) is 36.4 Å². The van der Waals surface area contributed by atoms with Gasteiger partial charge in [-0.3, -0.25) is 0 Å². The van der Waals surface area contributed by atoms with Crippen LogP contribution in [0.25, 0.3) is 0 Å². The maximum Gasteiger partial charge on any atom is 0.131 e. The van der Waals surface area contributed by atoms with Crippen molar-refractivity contribution in [2.24, 2.45) is 0 Å². The standard InChI is InChI=1S/C20H18ClFN2O2/c1-25-15-9-8-14(12-24-20-7-2-3-10-23-20)19(11-15)26-13-16-17(21)5-4-6-18(16)22/h2-11H,12-13H2,1H3,(H,23,24). The van der Waals surface area contributed by atoms with Gasteiger partial charge in [0.05, 0.1) is 12.1 Å². The normalized spacial score (nSPS) is 10.4. The molecule has 1 heterocycles. The van der Waals surface area contributed by atoms with Crippen molar-refractivity contribution in [3.63, 3.8) is 0 Å². The van der Waals surface area contributed by atoms with Crippen LogP contribution in [-0.2, 0) is 13.2 Å². The Morgan fingerprint density at radius 3 is 2.73 bits per heavy atom. The van der Waals surface area contributed by atoms with Crippen LogP contribution in [0, 0.1) is 5.82 Å². The molecule has 134 valence electrons. The largest absolute Gasteiger partial charge is 0.497 e. The zero-order valence-corrected chi connectivity index (χ0v) is 15.0. The number of ether oxygens (including phenoxy) is 2. The minimum Gasteiger partial charge on any atom is -0.497 e. The lowest BCUT2D eigenvalue weighted by Crippen LogP contribution is -2.06. The molecule has 6 heteroatoms. The van der Waals surface area contributed by atoms with Crippen LogP contribution in [0.4, 0.5) is 10.2 Å². The van der Waals surface area contributed by atoms with Crippen molar-refractivity contribution in [2.45, 2.75) is 13.2 Å². The van der Waals surface area contributed by atoms with Gasteiger partial charge in [0, 0.05) is 29.9 Å². The van der Waals surface area contributed by atoms with Gasteiger partial charge >= 0.3 is 0 Å². The molecule has 2 aromatic carbocycles. The van der Waals surface area contributed by atoms with E-state index >= 15 is 0 Å². The molecule has 3 aromatic rings. The molecule has 1 aromatic heterocycles.